The van der Waals surface area contributed by atoms with Crippen LogP contribution < -0.4 is 11.1 Å². The number of nitrogens with two attached hydrogens (primary N) is 1. The second kappa shape index (κ2) is 8.38. The van der Waals surface area contributed by atoms with Gasteiger partial charge in [-0.15, -0.1) is 0 Å². The Morgan fingerprint density at radius 2 is 1.48 bits per heavy atom. The third-order valence-corrected chi connectivity index (χ3v) is 5.47. The quantitative estimate of drug-likeness (QED) is 0.681. The van der Waals surface area contributed by atoms with Crippen LogP contribution in [-0.2, 0) is 6.54 Å². The number of rotatable bonds is 5. The van der Waals surface area contributed by atoms with Crippen LogP contribution in [0.25, 0.3) is 0 Å². The Morgan fingerprint density at radius 1 is 0.852 bits per heavy atom. The number of benzene rings is 3. The monoisotopic (exact) mass is 357 g/mol. The topological polar surface area (TPSA) is 41.3 Å². The van der Waals surface area contributed by atoms with Gasteiger partial charge in [-0.3, -0.25) is 4.90 Å². The minimum absolute atomic E-state index is 0.309. The van der Waals surface area contributed by atoms with E-state index < -0.39 is 0 Å². The minimum atomic E-state index is 0.309. The Morgan fingerprint density at radius 3 is 2.19 bits per heavy atom. The number of hydrogen-bond donors (Lipinski definition) is 2. The van der Waals surface area contributed by atoms with Crippen molar-refractivity contribution in [3.63, 3.8) is 0 Å². The molecular weight excluding hydrogens is 330 g/mol. The molecule has 1 heterocycles. The lowest BCUT2D eigenvalue weighted by Gasteiger charge is -2.41. The van der Waals surface area contributed by atoms with Gasteiger partial charge in [-0.05, 0) is 28.8 Å². The lowest BCUT2D eigenvalue weighted by Crippen LogP contribution is -2.53. The molecule has 3 heteroatoms. The Bertz CT molecular complexity index is 831. The van der Waals surface area contributed by atoms with Crippen molar-refractivity contribution in [1.29, 1.82) is 0 Å². The third-order valence-electron chi connectivity index (χ3n) is 5.47. The van der Waals surface area contributed by atoms with Crippen molar-refractivity contribution in [3.05, 3.63) is 102 Å². The van der Waals surface area contributed by atoms with E-state index in [1.807, 2.05) is 12.1 Å². The maximum absolute atomic E-state index is 5.95. The Balaban J connectivity index is 1.69. The molecule has 0 radical (unpaired) electrons. The number of anilines is 1. The van der Waals surface area contributed by atoms with Crippen LogP contribution in [0.1, 0.15) is 22.6 Å². The van der Waals surface area contributed by atoms with Gasteiger partial charge in [0.05, 0.1) is 0 Å². The summed E-state index contributed by atoms with van der Waals surface area (Å²) in [6.07, 6.45) is 0. The van der Waals surface area contributed by atoms with E-state index in [-0.39, 0.29) is 0 Å². The molecule has 0 aromatic heterocycles. The lowest BCUT2D eigenvalue weighted by molar-refractivity contribution is 0.139. The predicted molar refractivity (Wildman–Crippen MR) is 113 cm³/mol. The molecular formula is C24H27N3. The van der Waals surface area contributed by atoms with Crippen molar-refractivity contribution in [2.45, 2.75) is 18.5 Å². The zero-order valence-corrected chi connectivity index (χ0v) is 15.6. The predicted octanol–water partition coefficient (Wildman–Crippen LogP) is 3.87. The standard InChI is InChI=1S/C24H27N3/c25-22-13-11-21(12-14-22)24(20-9-5-2-6-10-20)23-17-26-15-16-27(23)18-19-7-3-1-4-8-19/h1-14,23-24,26H,15-18,25H2. The summed E-state index contributed by atoms with van der Waals surface area (Å²) in [4.78, 5) is 2.62. The number of nitrogen functional groups attached to an aromatic ring is 1. The molecule has 1 aliphatic heterocycles. The summed E-state index contributed by atoms with van der Waals surface area (Å²) in [5.41, 5.74) is 10.8. The van der Waals surface area contributed by atoms with Crippen molar-refractivity contribution in [2.75, 3.05) is 25.4 Å². The van der Waals surface area contributed by atoms with Crippen molar-refractivity contribution < 1.29 is 0 Å². The first-order valence-electron chi connectivity index (χ1n) is 9.70. The summed E-state index contributed by atoms with van der Waals surface area (Å²) in [6, 6.07) is 30.4. The highest BCUT2D eigenvalue weighted by atomic mass is 15.2. The second-order valence-corrected chi connectivity index (χ2v) is 7.28. The Kier molecular flexibility index (Phi) is 5.52. The fourth-order valence-corrected chi connectivity index (χ4v) is 4.11. The van der Waals surface area contributed by atoms with Crippen LogP contribution in [0.4, 0.5) is 5.69 Å². The maximum Gasteiger partial charge on any atom is 0.0333 e. The molecule has 4 rings (SSSR count). The smallest absolute Gasteiger partial charge is 0.0333 e. The van der Waals surface area contributed by atoms with Crippen molar-refractivity contribution in [3.8, 4) is 0 Å². The lowest BCUT2D eigenvalue weighted by atomic mass is 9.83. The van der Waals surface area contributed by atoms with Gasteiger partial charge in [0.1, 0.15) is 0 Å². The first-order valence-corrected chi connectivity index (χ1v) is 9.70. The molecule has 1 aliphatic rings. The number of nitrogens with zero attached hydrogens (tertiary/aromatic N) is 1. The van der Waals surface area contributed by atoms with Crippen LogP contribution in [0.15, 0.2) is 84.9 Å². The van der Waals surface area contributed by atoms with E-state index in [1.165, 1.54) is 16.7 Å². The molecule has 2 atom stereocenters. The zero-order chi connectivity index (χ0) is 18.5. The molecule has 0 saturated carbocycles. The number of hydrogen-bond acceptors (Lipinski definition) is 3. The van der Waals surface area contributed by atoms with Gasteiger partial charge in [-0.1, -0.05) is 72.8 Å². The molecule has 0 bridgehead atoms. The maximum atomic E-state index is 5.95. The highest BCUT2D eigenvalue weighted by Gasteiger charge is 2.32. The minimum Gasteiger partial charge on any atom is -0.399 e. The van der Waals surface area contributed by atoms with E-state index in [1.54, 1.807) is 0 Å². The van der Waals surface area contributed by atoms with Gasteiger partial charge in [-0.2, -0.15) is 0 Å². The van der Waals surface area contributed by atoms with Crippen molar-refractivity contribution >= 4 is 5.69 Å². The molecule has 0 aliphatic carbocycles. The highest BCUT2D eigenvalue weighted by molar-refractivity contribution is 5.43. The fraction of sp³-hybridized carbons (Fsp3) is 0.250. The molecule has 3 aromatic carbocycles. The molecule has 0 spiro atoms. The SMILES string of the molecule is Nc1ccc(C(c2ccccc2)C2CNCCN2Cc2ccccc2)cc1. The van der Waals surface area contributed by atoms with Crippen LogP contribution in [0.2, 0.25) is 0 Å². The number of piperazine rings is 1. The summed E-state index contributed by atoms with van der Waals surface area (Å²) in [6.45, 7) is 4.05. The molecule has 3 N–H and O–H groups in total. The van der Waals surface area contributed by atoms with Gasteiger partial charge in [0.2, 0.25) is 0 Å². The van der Waals surface area contributed by atoms with E-state index in [0.717, 1.165) is 31.9 Å². The van der Waals surface area contributed by atoms with Gasteiger partial charge in [0.15, 0.2) is 0 Å². The molecule has 27 heavy (non-hydrogen) atoms. The van der Waals surface area contributed by atoms with Crippen LogP contribution in [-0.4, -0.2) is 30.6 Å². The Hall–Kier alpha value is -2.62. The van der Waals surface area contributed by atoms with Crippen molar-refractivity contribution in [1.82, 2.24) is 10.2 Å². The van der Waals surface area contributed by atoms with Crippen LogP contribution in [0.3, 0.4) is 0 Å². The van der Waals surface area contributed by atoms with Crippen molar-refractivity contribution in [2.24, 2.45) is 0 Å². The zero-order valence-electron chi connectivity index (χ0n) is 15.6. The first kappa shape index (κ1) is 17.8. The van der Waals surface area contributed by atoms with E-state index in [9.17, 15) is 0 Å². The molecule has 0 amide bonds. The molecule has 1 saturated heterocycles. The first-order chi connectivity index (χ1) is 13.3. The molecule has 2 unspecified atom stereocenters. The third kappa shape index (κ3) is 4.21. The fourth-order valence-electron chi connectivity index (χ4n) is 4.11. The van der Waals surface area contributed by atoms with Crippen LogP contribution in [0.5, 0.6) is 0 Å². The van der Waals surface area contributed by atoms with Gasteiger partial charge in [-0.25, -0.2) is 0 Å². The Labute approximate surface area is 161 Å². The summed E-state index contributed by atoms with van der Waals surface area (Å²) in [5, 5.41) is 3.62. The average Bonchev–Trinajstić information content (AvgIpc) is 2.72. The van der Waals surface area contributed by atoms with E-state index in [0.29, 0.717) is 12.0 Å². The van der Waals surface area contributed by atoms with Gasteiger partial charge < -0.3 is 11.1 Å². The average molecular weight is 358 g/mol. The summed E-state index contributed by atoms with van der Waals surface area (Å²) >= 11 is 0. The molecule has 3 nitrogen and oxygen atoms in total. The van der Waals surface area contributed by atoms with Gasteiger partial charge in [0.25, 0.3) is 0 Å². The molecule has 138 valence electrons. The van der Waals surface area contributed by atoms with E-state index in [2.05, 4.69) is 83.0 Å². The van der Waals surface area contributed by atoms with Crippen LogP contribution >= 0.6 is 0 Å². The largest absolute Gasteiger partial charge is 0.399 e. The van der Waals surface area contributed by atoms with Gasteiger partial charge >= 0.3 is 0 Å². The summed E-state index contributed by atoms with van der Waals surface area (Å²) in [5.74, 6) is 0.309. The van der Waals surface area contributed by atoms with E-state index >= 15 is 0 Å². The normalized spacial score (nSPS) is 18.9. The second-order valence-electron chi connectivity index (χ2n) is 7.28. The number of nitrogens with one attached hydrogen (secondary N) is 1. The molecule has 3 aromatic rings. The van der Waals surface area contributed by atoms with E-state index in [4.69, 9.17) is 5.73 Å². The summed E-state index contributed by atoms with van der Waals surface area (Å²) < 4.78 is 0. The highest BCUT2D eigenvalue weighted by Crippen LogP contribution is 2.32. The summed E-state index contributed by atoms with van der Waals surface area (Å²) in [7, 11) is 0. The van der Waals surface area contributed by atoms with Gasteiger partial charge in [0, 0.05) is 43.8 Å². The molecule has 1 fully saturated rings. The van der Waals surface area contributed by atoms with Crippen LogP contribution in [0, 0.1) is 0 Å².